The van der Waals surface area contributed by atoms with Gasteiger partial charge >= 0.3 is 0 Å². The van der Waals surface area contributed by atoms with E-state index < -0.39 is 6.29 Å². The van der Waals surface area contributed by atoms with Gasteiger partial charge in [-0.15, -0.1) is 11.8 Å². The second-order valence-electron chi connectivity index (χ2n) is 13.6. The van der Waals surface area contributed by atoms with E-state index in [9.17, 15) is 14.7 Å². The third-order valence-electron chi connectivity index (χ3n) is 9.57. The normalized spacial score (nSPS) is 16.8. The summed E-state index contributed by atoms with van der Waals surface area (Å²) < 4.78 is 13.1. The Morgan fingerprint density at radius 3 is 2.13 bits per heavy atom. The van der Waals surface area contributed by atoms with Crippen LogP contribution in [0.4, 0.5) is 11.4 Å². The topological polar surface area (TPSA) is 123 Å². The Bertz CT molecular complexity index is 1940. The molecule has 0 saturated carbocycles. The van der Waals surface area contributed by atoms with Gasteiger partial charge < -0.3 is 30.9 Å². The number of nitrogen functional groups attached to an aromatic ring is 1. The number of benzene rings is 5. The first-order valence-corrected chi connectivity index (χ1v) is 19.7. The second kappa shape index (κ2) is 19.9. The van der Waals surface area contributed by atoms with Crippen LogP contribution in [-0.2, 0) is 32.2 Å². The van der Waals surface area contributed by atoms with Crippen LogP contribution in [0.5, 0.6) is 0 Å². The lowest BCUT2D eigenvalue weighted by atomic mass is 9.97. The number of carbonyl (C=O) groups is 2. The van der Waals surface area contributed by atoms with E-state index >= 15 is 0 Å². The van der Waals surface area contributed by atoms with Crippen molar-refractivity contribution in [2.75, 3.05) is 16.8 Å². The zero-order chi connectivity index (χ0) is 37.5. The first-order valence-electron chi connectivity index (χ1n) is 18.7. The van der Waals surface area contributed by atoms with Crippen molar-refractivity contribution in [3.05, 3.63) is 150 Å². The minimum Gasteiger partial charge on any atom is -0.397 e. The molecular weight excluding hydrogens is 695 g/mol. The highest BCUT2D eigenvalue weighted by Crippen LogP contribution is 2.40. The van der Waals surface area contributed by atoms with Crippen molar-refractivity contribution in [2.45, 2.75) is 81.5 Å². The monoisotopic (exact) mass is 743 g/mol. The minimum absolute atomic E-state index is 0.00663. The first kappa shape index (κ1) is 38.8. The lowest BCUT2D eigenvalue weighted by Gasteiger charge is -2.36. The van der Waals surface area contributed by atoms with Crippen LogP contribution < -0.4 is 16.4 Å². The molecule has 8 nitrogen and oxygen atoms in total. The summed E-state index contributed by atoms with van der Waals surface area (Å²) >= 11 is 1.78. The van der Waals surface area contributed by atoms with Crippen molar-refractivity contribution in [3.8, 4) is 11.1 Å². The fourth-order valence-electron chi connectivity index (χ4n) is 6.53. The van der Waals surface area contributed by atoms with Crippen LogP contribution in [0.3, 0.4) is 0 Å². The van der Waals surface area contributed by atoms with Crippen LogP contribution in [-0.4, -0.2) is 28.8 Å². The van der Waals surface area contributed by atoms with Gasteiger partial charge in [0.15, 0.2) is 6.29 Å². The molecule has 1 fully saturated rings. The molecule has 6 rings (SSSR count). The third kappa shape index (κ3) is 11.3. The number of ether oxygens (including phenoxy) is 2. The number of unbranched alkanes of at least 4 members (excludes halogenated alkanes) is 3. The maximum absolute atomic E-state index is 12.7. The highest BCUT2D eigenvalue weighted by molar-refractivity contribution is 7.99. The van der Waals surface area contributed by atoms with E-state index in [0.717, 1.165) is 71.2 Å². The lowest BCUT2D eigenvalue weighted by Crippen LogP contribution is -2.31. The molecule has 2 amide bonds. The van der Waals surface area contributed by atoms with Gasteiger partial charge in [0.05, 0.1) is 30.2 Å². The number of rotatable bonds is 17. The number of para-hydroxylation sites is 2. The highest BCUT2D eigenvalue weighted by Gasteiger charge is 2.32. The van der Waals surface area contributed by atoms with Crippen LogP contribution in [0, 0.1) is 0 Å². The van der Waals surface area contributed by atoms with Gasteiger partial charge in [0.25, 0.3) is 0 Å². The van der Waals surface area contributed by atoms with Crippen molar-refractivity contribution in [2.24, 2.45) is 0 Å². The van der Waals surface area contributed by atoms with Gasteiger partial charge in [-0.2, -0.15) is 0 Å². The predicted octanol–water partition coefficient (Wildman–Crippen LogP) is 9.36. The summed E-state index contributed by atoms with van der Waals surface area (Å²) in [5, 5.41) is 15.5. The summed E-state index contributed by atoms with van der Waals surface area (Å²) in [5.41, 5.74) is 13.1. The molecule has 5 aromatic rings. The van der Waals surface area contributed by atoms with Gasteiger partial charge in [0, 0.05) is 42.0 Å². The quantitative estimate of drug-likeness (QED) is 0.0425. The van der Waals surface area contributed by atoms with E-state index in [2.05, 4.69) is 65.2 Å². The molecule has 0 aromatic heterocycles. The van der Waals surface area contributed by atoms with Gasteiger partial charge in [0.2, 0.25) is 11.8 Å². The number of aliphatic hydroxyl groups is 1. The molecular formula is C45H49N3O5S. The van der Waals surface area contributed by atoms with Crippen molar-refractivity contribution < 1.29 is 24.2 Å². The number of thioether (sulfide) groups is 1. The molecule has 1 heterocycles. The van der Waals surface area contributed by atoms with Crippen LogP contribution in [0.25, 0.3) is 11.1 Å². The highest BCUT2D eigenvalue weighted by atomic mass is 32.2. The maximum Gasteiger partial charge on any atom is 0.224 e. The zero-order valence-corrected chi connectivity index (χ0v) is 31.3. The molecule has 0 spiro atoms. The lowest BCUT2D eigenvalue weighted by molar-refractivity contribution is -0.245. The Morgan fingerprint density at radius 2 is 1.39 bits per heavy atom. The Labute approximate surface area is 322 Å². The molecule has 0 aliphatic carbocycles. The molecule has 54 heavy (non-hydrogen) atoms. The molecule has 1 saturated heterocycles. The number of nitrogens with one attached hydrogen (secondary N) is 2. The number of anilines is 2. The van der Waals surface area contributed by atoms with Gasteiger partial charge in [-0.25, -0.2) is 0 Å². The van der Waals surface area contributed by atoms with E-state index in [1.54, 1.807) is 23.9 Å². The number of hydrogen-bond donors (Lipinski definition) is 4. The Kier molecular flexibility index (Phi) is 14.3. The van der Waals surface area contributed by atoms with Gasteiger partial charge in [0.1, 0.15) is 0 Å². The minimum atomic E-state index is -0.531. The van der Waals surface area contributed by atoms with Crippen molar-refractivity contribution in [1.82, 2.24) is 5.32 Å². The summed E-state index contributed by atoms with van der Waals surface area (Å²) in [6, 6.07) is 42.0. The molecule has 0 bridgehead atoms. The van der Waals surface area contributed by atoms with E-state index in [-0.39, 0.29) is 30.6 Å². The molecule has 1 aliphatic rings. The van der Waals surface area contributed by atoms with Crippen LogP contribution >= 0.6 is 11.8 Å². The van der Waals surface area contributed by atoms with Crippen LogP contribution in [0.15, 0.2) is 132 Å². The van der Waals surface area contributed by atoms with Crippen LogP contribution in [0.1, 0.15) is 79.6 Å². The van der Waals surface area contributed by atoms with Gasteiger partial charge in [-0.3, -0.25) is 9.59 Å². The number of amides is 2. The van der Waals surface area contributed by atoms with Crippen LogP contribution in [0.2, 0.25) is 0 Å². The van der Waals surface area contributed by atoms with Crippen molar-refractivity contribution in [1.29, 1.82) is 0 Å². The summed E-state index contributed by atoms with van der Waals surface area (Å²) in [6.45, 7) is 0.443. The second-order valence-corrected chi connectivity index (χ2v) is 14.7. The fourth-order valence-corrected chi connectivity index (χ4v) is 7.48. The molecule has 9 heteroatoms. The molecule has 3 atom stereocenters. The Hall–Kier alpha value is -4.93. The van der Waals surface area contributed by atoms with Gasteiger partial charge in [-0.05, 0) is 64.9 Å². The Morgan fingerprint density at radius 1 is 0.722 bits per heavy atom. The number of hydrogen-bond acceptors (Lipinski definition) is 7. The average Bonchev–Trinajstić information content (AvgIpc) is 3.22. The first-order chi connectivity index (χ1) is 26.4. The number of aliphatic hydroxyl groups excluding tert-OH is 1. The molecule has 5 aromatic carbocycles. The maximum atomic E-state index is 12.7. The van der Waals surface area contributed by atoms with E-state index in [1.165, 1.54) is 4.90 Å². The standard InChI is InChI=1S/C45H49N3O5S/c46-40-16-10-11-17-41(40)48-44(51)19-7-2-1-6-18-43(50)47-29-36-12-8-9-15-39(36)33-24-26-35(27-25-33)45-52-37(31-54-38-13-4-3-5-14-38)28-42(53-45)34-22-20-32(30-49)21-23-34/h3-5,8-17,20-27,37,42,45,49H,1-2,6-7,18-19,28-31,46H2,(H,47,50)(H,48,51)/t37-,42+,45+/m1/s1. The summed E-state index contributed by atoms with van der Waals surface area (Å²) in [5.74, 6) is 0.771. The van der Waals surface area contributed by atoms with Gasteiger partial charge in [-0.1, -0.05) is 116 Å². The number of nitrogens with two attached hydrogens (primary N) is 1. The Balaban J connectivity index is 1.00. The summed E-state index contributed by atoms with van der Waals surface area (Å²) in [7, 11) is 0. The third-order valence-corrected chi connectivity index (χ3v) is 10.7. The smallest absolute Gasteiger partial charge is 0.224 e. The molecule has 1 aliphatic heterocycles. The largest absolute Gasteiger partial charge is 0.397 e. The zero-order valence-electron chi connectivity index (χ0n) is 30.5. The fraction of sp³-hybridized carbons (Fsp3) is 0.289. The van der Waals surface area contributed by atoms with Crippen molar-refractivity contribution in [3.63, 3.8) is 0 Å². The summed E-state index contributed by atoms with van der Waals surface area (Å²) in [4.78, 5) is 26.2. The van der Waals surface area contributed by atoms with E-state index in [1.807, 2.05) is 60.7 Å². The SMILES string of the molecule is Nc1ccccc1NC(=O)CCCCCCC(=O)NCc1ccccc1-c1ccc([C@H]2O[C@@H](CSc3ccccc3)C[C@@H](c3ccc(CO)cc3)O2)cc1. The van der Waals surface area contributed by atoms with Crippen molar-refractivity contribution >= 4 is 35.0 Å². The average molecular weight is 744 g/mol. The number of carbonyl (C=O) groups excluding carboxylic acids is 2. The molecule has 0 unspecified atom stereocenters. The predicted molar refractivity (Wildman–Crippen MR) is 216 cm³/mol. The molecule has 280 valence electrons. The summed E-state index contributed by atoms with van der Waals surface area (Å²) in [6.07, 6.45) is 4.21. The molecule has 0 radical (unpaired) electrons. The van der Waals surface area contributed by atoms with E-state index in [4.69, 9.17) is 15.2 Å². The molecule has 5 N–H and O–H groups in total. The van der Waals surface area contributed by atoms with E-state index in [0.29, 0.717) is 30.8 Å².